The van der Waals surface area contributed by atoms with E-state index in [1.165, 1.54) is 0 Å². The topological polar surface area (TPSA) is 40.5 Å². The molecule has 1 N–H and O–H groups in total. The lowest BCUT2D eigenvalue weighted by molar-refractivity contribution is -0.133. The molecule has 4 heteroatoms. The summed E-state index contributed by atoms with van der Waals surface area (Å²) in [5.74, 6) is 0.0751. The second-order valence-electron chi connectivity index (χ2n) is 4.44. The van der Waals surface area contributed by atoms with Crippen molar-refractivity contribution in [2.75, 3.05) is 13.1 Å². The standard InChI is InChI=1S/C13H16ClNO2/c14-11-5-3-10(4-6-11)8-13(17)15-7-1-2-12(16)9-15/h3-6,12,16H,1-2,7-9H2/t12-/m0/s1. The Morgan fingerprint density at radius 3 is 2.76 bits per heavy atom. The van der Waals surface area contributed by atoms with Crippen molar-refractivity contribution in [3.8, 4) is 0 Å². The summed E-state index contributed by atoms with van der Waals surface area (Å²) < 4.78 is 0. The SMILES string of the molecule is O=C(Cc1ccc(Cl)cc1)N1CCC[C@H](O)C1. The highest BCUT2D eigenvalue weighted by atomic mass is 35.5. The predicted molar refractivity (Wildman–Crippen MR) is 67.0 cm³/mol. The highest BCUT2D eigenvalue weighted by Crippen LogP contribution is 2.14. The van der Waals surface area contributed by atoms with Crippen molar-refractivity contribution in [1.29, 1.82) is 0 Å². The molecule has 0 aromatic heterocycles. The van der Waals surface area contributed by atoms with Gasteiger partial charge in [-0.25, -0.2) is 0 Å². The minimum atomic E-state index is -0.363. The van der Waals surface area contributed by atoms with Crippen LogP contribution in [0, 0.1) is 0 Å². The van der Waals surface area contributed by atoms with Gasteiger partial charge in [0.05, 0.1) is 12.5 Å². The molecule has 1 saturated heterocycles. The Bertz CT molecular complexity index is 391. The zero-order valence-electron chi connectivity index (χ0n) is 9.60. The number of halogens is 1. The number of hydrogen-bond acceptors (Lipinski definition) is 2. The molecule has 0 aliphatic carbocycles. The van der Waals surface area contributed by atoms with Crippen molar-refractivity contribution < 1.29 is 9.90 Å². The van der Waals surface area contributed by atoms with Crippen molar-refractivity contribution >= 4 is 17.5 Å². The van der Waals surface area contributed by atoms with E-state index in [1.54, 1.807) is 17.0 Å². The first-order chi connectivity index (χ1) is 8.15. The van der Waals surface area contributed by atoms with Gasteiger partial charge in [-0.3, -0.25) is 4.79 Å². The largest absolute Gasteiger partial charge is 0.391 e. The van der Waals surface area contributed by atoms with Gasteiger partial charge in [0.2, 0.25) is 5.91 Å². The van der Waals surface area contributed by atoms with E-state index in [9.17, 15) is 9.90 Å². The van der Waals surface area contributed by atoms with Crippen LogP contribution < -0.4 is 0 Å². The van der Waals surface area contributed by atoms with Crippen LogP contribution in [0.4, 0.5) is 0 Å². The number of piperidine rings is 1. The second kappa shape index (κ2) is 5.52. The van der Waals surface area contributed by atoms with Gasteiger partial charge in [0, 0.05) is 18.1 Å². The molecule has 3 nitrogen and oxygen atoms in total. The molecule has 1 heterocycles. The van der Waals surface area contributed by atoms with Gasteiger partial charge in [0.15, 0.2) is 0 Å². The molecule has 2 rings (SSSR count). The Kier molecular flexibility index (Phi) is 4.02. The third kappa shape index (κ3) is 3.45. The molecule has 17 heavy (non-hydrogen) atoms. The van der Waals surface area contributed by atoms with Crippen LogP contribution in [0.1, 0.15) is 18.4 Å². The lowest BCUT2D eigenvalue weighted by Crippen LogP contribution is -2.42. The van der Waals surface area contributed by atoms with E-state index in [0.29, 0.717) is 18.0 Å². The molecule has 1 fully saturated rings. The van der Waals surface area contributed by atoms with Gasteiger partial charge in [-0.1, -0.05) is 23.7 Å². The molecule has 0 spiro atoms. The van der Waals surface area contributed by atoms with Crippen molar-refractivity contribution in [3.63, 3.8) is 0 Å². The number of β-amino-alcohol motifs (C(OH)–C–C–N with tert-alkyl or cyclic N) is 1. The molecule has 1 aromatic carbocycles. The molecule has 92 valence electrons. The molecule has 1 aromatic rings. The molecular formula is C13H16ClNO2. The van der Waals surface area contributed by atoms with Crippen LogP contribution in [-0.2, 0) is 11.2 Å². The summed E-state index contributed by atoms with van der Waals surface area (Å²) in [5.41, 5.74) is 0.958. The van der Waals surface area contributed by atoms with Gasteiger partial charge < -0.3 is 10.0 Å². The number of hydrogen-bond donors (Lipinski definition) is 1. The smallest absolute Gasteiger partial charge is 0.227 e. The fraction of sp³-hybridized carbons (Fsp3) is 0.462. The summed E-state index contributed by atoms with van der Waals surface area (Å²) in [6.45, 7) is 1.22. The van der Waals surface area contributed by atoms with E-state index in [2.05, 4.69) is 0 Å². The van der Waals surface area contributed by atoms with E-state index in [4.69, 9.17) is 11.6 Å². The maximum absolute atomic E-state index is 12.0. The minimum Gasteiger partial charge on any atom is -0.391 e. The zero-order valence-corrected chi connectivity index (χ0v) is 10.4. The number of carbonyl (C=O) groups is 1. The molecule has 0 saturated carbocycles. The van der Waals surface area contributed by atoms with Gasteiger partial charge >= 0.3 is 0 Å². The molecule has 1 amide bonds. The Labute approximate surface area is 106 Å². The first kappa shape index (κ1) is 12.4. The number of aliphatic hydroxyl groups excluding tert-OH is 1. The van der Waals surface area contributed by atoms with Gasteiger partial charge in [0.25, 0.3) is 0 Å². The number of benzene rings is 1. The average Bonchev–Trinajstić information content (AvgIpc) is 2.32. The average molecular weight is 254 g/mol. The lowest BCUT2D eigenvalue weighted by atomic mass is 10.1. The Morgan fingerprint density at radius 1 is 1.41 bits per heavy atom. The number of amides is 1. The molecular weight excluding hydrogens is 238 g/mol. The van der Waals surface area contributed by atoms with E-state index in [0.717, 1.165) is 24.9 Å². The quantitative estimate of drug-likeness (QED) is 0.874. The van der Waals surface area contributed by atoms with E-state index >= 15 is 0 Å². The number of likely N-dealkylation sites (tertiary alicyclic amines) is 1. The van der Waals surface area contributed by atoms with Crippen molar-refractivity contribution in [2.24, 2.45) is 0 Å². The Hall–Kier alpha value is -1.06. The van der Waals surface area contributed by atoms with E-state index < -0.39 is 0 Å². The highest BCUT2D eigenvalue weighted by Gasteiger charge is 2.21. The Balaban J connectivity index is 1.94. The summed E-state index contributed by atoms with van der Waals surface area (Å²) in [7, 11) is 0. The highest BCUT2D eigenvalue weighted by molar-refractivity contribution is 6.30. The number of carbonyl (C=O) groups excluding carboxylic acids is 1. The van der Waals surface area contributed by atoms with Crippen LogP contribution in [0.15, 0.2) is 24.3 Å². The van der Waals surface area contributed by atoms with Crippen molar-refractivity contribution in [2.45, 2.75) is 25.4 Å². The molecule has 1 aliphatic rings. The minimum absolute atomic E-state index is 0.0751. The maximum Gasteiger partial charge on any atom is 0.227 e. The molecule has 0 radical (unpaired) electrons. The fourth-order valence-corrected chi connectivity index (χ4v) is 2.20. The monoisotopic (exact) mass is 253 g/mol. The molecule has 0 bridgehead atoms. The third-order valence-electron chi connectivity index (χ3n) is 3.02. The fourth-order valence-electron chi connectivity index (χ4n) is 2.07. The summed E-state index contributed by atoms with van der Waals surface area (Å²) >= 11 is 5.79. The zero-order chi connectivity index (χ0) is 12.3. The molecule has 0 unspecified atom stereocenters. The number of rotatable bonds is 2. The van der Waals surface area contributed by atoms with E-state index in [1.807, 2.05) is 12.1 Å². The number of nitrogens with zero attached hydrogens (tertiary/aromatic N) is 1. The number of aliphatic hydroxyl groups is 1. The van der Waals surface area contributed by atoms with Crippen molar-refractivity contribution in [3.05, 3.63) is 34.9 Å². The van der Waals surface area contributed by atoms with Gasteiger partial charge in [-0.15, -0.1) is 0 Å². The normalized spacial score (nSPS) is 20.4. The van der Waals surface area contributed by atoms with Gasteiger partial charge in [-0.2, -0.15) is 0 Å². The van der Waals surface area contributed by atoms with Gasteiger partial charge in [0.1, 0.15) is 0 Å². The van der Waals surface area contributed by atoms with Crippen molar-refractivity contribution in [1.82, 2.24) is 4.90 Å². The molecule has 1 aliphatic heterocycles. The summed E-state index contributed by atoms with van der Waals surface area (Å²) in [6, 6.07) is 7.30. The van der Waals surface area contributed by atoms with Crippen LogP contribution in [0.25, 0.3) is 0 Å². The summed E-state index contributed by atoms with van der Waals surface area (Å²) in [6.07, 6.45) is 1.69. The maximum atomic E-state index is 12.0. The first-order valence-corrected chi connectivity index (χ1v) is 6.23. The third-order valence-corrected chi connectivity index (χ3v) is 3.27. The van der Waals surface area contributed by atoms with Crippen LogP contribution in [0.3, 0.4) is 0 Å². The van der Waals surface area contributed by atoms with Crippen LogP contribution in [0.5, 0.6) is 0 Å². The van der Waals surface area contributed by atoms with E-state index in [-0.39, 0.29) is 12.0 Å². The van der Waals surface area contributed by atoms with Crippen LogP contribution in [-0.4, -0.2) is 35.1 Å². The van der Waals surface area contributed by atoms with Gasteiger partial charge in [-0.05, 0) is 30.5 Å². The summed E-state index contributed by atoms with van der Waals surface area (Å²) in [5, 5.41) is 10.2. The molecule has 1 atom stereocenters. The first-order valence-electron chi connectivity index (χ1n) is 5.85. The van der Waals surface area contributed by atoms with Crippen LogP contribution >= 0.6 is 11.6 Å². The second-order valence-corrected chi connectivity index (χ2v) is 4.88. The lowest BCUT2D eigenvalue weighted by Gasteiger charge is -2.30. The predicted octanol–water partition coefficient (Wildman–Crippen LogP) is 1.87. The van der Waals surface area contributed by atoms with Crippen LogP contribution in [0.2, 0.25) is 5.02 Å². The Morgan fingerprint density at radius 2 is 2.12 bits per heavy atom. The summed E-state index contributed by atoms with van der Waals surface area (Å²) in [4.78, 5) is 13.7.